The van der Waals surface area contributed by atoms with Crippen molar-refractivity contribution < 1.29 is 4.79 Å². The highest BCUT2D eigenvalue weighted by Crippen LogP contribution is 2.33. The lowest BCUT2D eigenvalue weighted by atomic mass is 9.90. The molecule has 1 heterocycles. The van der Waals surface area contributed by atoms with Gasteiger partial charge in [0, 0.05) is 18.9 Å². The number of likely N-dealkylation sites (N-methyl/N-ethyl adjacent to an activating group) is 1. The maximum absolute atomic E-state index is 12.1. The number of carbonyl (C=O) groups excluding carboxylic acids is 1. The van der Waals surface area contributed by atoms with E-state index < -0.39 is 0 Å². The summed E-state index contributed by atoms with van der Waals surface area (Å²) in [6.07, 6.45) is 7.25. The molecule has 2 amide bonds. The quantitative estimate of drug-likeness (QED) is 0.576. The van der Waals surface area contributed by atoms with Crippen LogP contribution in [0.5, 0.6) is 0 Å². The Balaban J connectivity index is 1.97. The largest absolute Gasteiger partial charge is 0.323 e. The second-order valence-corrected chi connectivity index (χ2v) is 5.70. The number of rotatable bonds is 4. The summed E-state index contributed by atoms with van der Waals surface area (Å²) in [5, 5.41) is 1.04. The molecule has 3 nitrogen and oxygen atoms in total. The lowest BCUT2D eigenvalue weighted by Gasteiger charge is -2.30. The lowest BCUT2D eigenvalue weighted by molar-refractivity contribution is 0.187. The van der Waals surface area contributed by atoms with Gasteiger partial charge in [-0.05, 0) is 25.7 Å². The van der Waals surface area contributed by atoms with Crippen molar-refractivity contribution in [1.82, 2.24) is 9.80 Å². The normalized spacial score (nSPS) is 29.8. The van der Waals surface area contributed by atoms with E-state index in [9.17, 15) is 4.79 Å². The van der Waals surface area contributed by atoms with E-state index in [4.69, 9.17) is 0 Å². The zero-order chi connectivity index (χ0) is 11.5. The van der Waals surface area contributed by atoms with Gasteiger partial charge in [0.15, 0.2) is 0 Å². The molecule has 0 aromatic carbocycles. The minimum absolute atomic E-state index is 0.256. The third kappa shape index (κ3) is 2.22. The minimum Gasteiger partial charge on any atom is -0.323 e. The zero-order valence-corrected chi connectivity index (χ0v) is 11.6. The number of carbonyl (C=O) groups is 1. The zero-order valence-electron chi connectivity index (χ0n) is 9.99. The van der Waals surface area contributed by atoms with E-state index in [0.29, 0.717) is 12.1 Å². The second-order valence-electron chi connectivity index (χ2n) is 4.90. The van der Waals surface area contributed by atoms with Crippen molar-refractivity contribution in [3.63, 3.8) is 0 Å². The summed E-state index contributed by atoms with van der Waals surface area (Å²) in [4.78, 5) is 16.2. The number of hydrogen-bond donors (Lipinski definition) is 0. The first-order valence-electron chi connectivity index (χ1n) is 6.35. The van der Waals surface area contributed by atoms with Crippen LogP contribution in [0.25, 0.3) is 0 Å². The molecule has 0 aromatic rings. The number of hydrogen-bond acceptors (Lipinski definition) is 1. The third-order valence-corrected chi connectivity index (χ3v) is 4.48. The first-order valence-corrected chi connectivity index (χ1v) is 7.47. The fraction of sp³-hybridized carbons (Fsp3) is 0.917. The molecule has 0 N–H and O–H groups in total. The smallest absolute Gasteiger partial charge is 0.320 e. The monoisotopic (exact) mass is 288 g/mol. The lowest BCUT2D eigenvalue weighted by Crippen LogP contribution is -2.39. The number of urea groups is 1. The van der Waals surface area contributed by atoms with Crippen LogP contribution in [0.1, 0.15) is 38.5 Å². The summed E-state index contributed by atoms with van der Waals surface area (Å²) >= 11 is 3.44. The highest BCUT2D eigenvalue weighted by atomic mass is 79.9. The van der Waals surface area contributed by atoms with E-state index in [1.165, 1.54) is 25.7 Å². The van der Waals surface area contributed by atoms with E-state index in [1.807, 2.05) is 11.9 Å². The Labute approximate surface area is 106 Å². The molecular formula is C12H21BrN2O. The van der Waals surface area contributed by atoms with Crippen LogP contribution in [0.15, 0.2) is 0 Å². The van der Waals surface area contributed by atoms with Crippen molar-refractivity contribution >= 4 is 22.0 Å². The fourth-order valence-electron chi connectivity index (χ4n) is 3.03. The average Bonchev–Trinajstić information content (AvgIpc) is 2.55. The van der Waals surface area contributed by atoms with Crippen LogP contribution in [0.2, 0.25) is 0 Å². The summed E-state index contributed by atoms with van der Waals surface area (Å²) in [7, 11) is 1.97. The fourth-order valence-corrected chi connectivity index (χ4v) is 3.43. The molecule has 1 aliphatic carbocycles. The molecule has 16 heavy (non-hydrogen) atoms. The van der Waals surface area contributed by atoms with Gasteiger partial charge in [0.2, 0.25) is 0 Å². The molecule has 0 spiro atoms. The van der Waals surface area contributed by atoms with Gasteiger partial charge in [-0.2, -0.15) is 0 Å². The SMILES string of the molecule is CN1C(=O)N(CCCCBr)C2CCCCC21. The maximum Gasteiger partial charge on any atom is 0.320 e. The summed E-state index contributed by atoms with van der Waals surface area (Å²) in [5.41, 5.74) is 0. The van der Waals surface area contributed by atoms with Gasteiger partial charge >= 0.3 is 6.03 Å². The summed E-state index contributed by atoms with van der Waals surface area (Å²) in [5.74, 6) is 0. The first kappa shape index (κ1) is 12.2. The molecule has 2 fully saturated rings. The minimum atomic E-state index is 0.256. The summed E-state index contributed by atoms with van der Waals surface area (Å²) in [6, 6.07) is 1.25. The molecular weight excluding hydrogens is 268 g/mol. The van der Waals surface area contributed by atoms with Crippen LogP contribution in [0.4, 0.5) is 4.79 Å². The number of fused-ring (bicyclic) bond motifs is 1. The Morgan fingerprint density at radius 1 is 1.25 bits per heavy atom. The Morgan fingerprint density at radius 2 is 1.94 bits per heavy atom. The van der Waals surface area contributed by atoms with Crippen LogP contribution in [0, 0.1) is 0 Å². The second kappa shape index (κ2) is 5.39. The van der Waals surface area contributed by atoms with Crippen LogP contribution >= 0.6 is 15.9 Å². The molecule has 0 aromatic heterocycles. The van der Waals surface area contributed by atoms with Crippen LogP contribution in [0.3, 0.4) is 0 Å². The number of amides is 2. The molecule has 4 heteroatoms. The molecule has 1 saturated carbocycles. The van der Waals surface area contributed by atoms with Gasteiger partial charge < -0.3 is 9.80 Å². The van der Waals surface area contributed by atoms with Gasteiger partial charge in [-0.1, -0.05) is 28.8 Å². The highest BCUT2D eigenvalue weighted by molar-refractivity contribution is 9.09. The van der Waals surface area contributed by atoms with Crippen molar-refractivity contribution in [3.8, 4) is 0 Å². The maximum atomic E-state index is 12.1. The van der Waals surface area contributed by atoms with E-state index >= 15 is 0 Å². The van der Waals surface area contributed by atoms with Gasteiger partial charge in [0.05, 0.1) is 12.1 Å². The molecule has 0 radical (unpaired) electrons. The molecule has 2 unspecified atom stereocenters. The van der Waals surface area contributed by atoms with Crippen molar-refractivity contribution in [3.05, 3.63) is 0 Å². The topological polar surface area (TPSA) is 23.6 Å². The van der Waals surface area contributed by atoms with Crippen LogP contribution in [-0.4, -0.2) is 46.8 Å². The van der Waals surface area contributed by atoms with Gasteiger partial charge in [0.1, 0.15) is 0 Å². The van der Waals surface area contributed by atoms with E-state index in [0.717, 1.165) is 24.7 Å². The average molecular weight is 289 g/mol. The van der Waals surface area contributed by atoms with Crippen LogP contribution in [-0.2, 0) is 0 Å². The predicted molar refractivity (Wildman–Crippen MR) is 68.9 cm³/mol. The standard InChI is InChI=1S/C12H21BrN2O/c1-14-10-6-2-3-7-11(10)15(12(14)16)9-5-4-8-13/h10-11H,2-9H2,1H3. The molecule has 2 atom stereocenters. The third-order valence-electron chi connectivity index (χ3n) is 3.92. The van der Waals surface area contributed by atoms with Crippen molar-refractivity contribution in [1.29, 1.82) is 0 Å². The van der Waals surface area contributed by atoms with Gasteiger partial charge in [-0.15, -0.1) is 0 Å². The van der Waals surface area contributed by atoms with E-state index in [1.54, 1.807) is 0 Å². The van der Waals surface area contributed by atoms with Crippen molar-refractivity contribution in [2.75, 3.05) is 18.9 Å². The van der Waals surface area contributed by atoms with Gasteiger partial charge in [-0.3, -0.25) is 0 Å². The van der Waals surface area contributed by atoms with Crippen LogP contribution < -0.4 is 0 Å². The molecule has 2 aliphatic rings. The summed E-state index contributed by atoms with van der Waals surface area (Å²) < 4.78 is 0. The first-order chi connectivity index (χ1) is 7.75. The van der Waals surface area contributed by atoms with Crippen molar-refractivity contribution in [2.24, 2.45) is 0 Å². The Morgan fingerprint density at radius 3 is 2.62 bits per heavy atom. The number of nitrogens with zero attached hydrogens (tertiary/aromatic N) is 2. The van der Waals surface area contributed by atoms with Gasteiger partial charge in [0.25, 0.3) is 0 Å². The Kier molecular flexibility index (Phi) is 4.11. The number of alkyl halides is 1. The Hall–Kier alpha value is -0.250. The molecule has 92 valence electrons. The molecule has 1 aliphatic heterocycles. The Bertz CT molecular complexity index is 259. The number of unbranched alkanes of at least 4 members (excludes halogenated alkanes) is 1. The summed E-state index contributed by atoms with van der Waals surface area (Å²) in [6.45, 7) is 0.940. The van der Waals surface area contributed by atoms with Crippen molar-refractivity contribution in [2.45, 2.75) is 50.6 Å². The van der Waals surface area contributed by atoms with E-state index in [2.05, 4.69) is 20.8 Å². The number of halogens is 1. The van der Waals surface area contributed by atoms with Gasteiger partial charge in [-0.25, -0.2) is 4.79 Å². The highest BCUT2D eigenvalue weighted by Gasteiger charge is 2.43. The molecule has 2 rings (SSSR count). The predicted octanol–water partition coefficient (Wildman–Crippen LogP) is 2.84. The van der Waals surface area contributed by atoms with E-state index in [-0.39, 0.29) is 6.03 Å². The molecule has 1 saturated heterocycles. The molecule has 0 bridgehead atoms.